The van der Waals surface area contributed by atoms with Gasteiger partial charge in [-0.05, 0) is 36.4 Å². The van der Waals surface area contributed by atoms with Gasteiger partial charge in [-0.3, -0.25) is 0 Å². The number of benzene rings is 6. The maximum atomic E-state index is 6.32. The van der Waals surface area contributed by atoms with E-state index in [1.807, 2.05) is 48.5 Å². The summed E-state index contributed by atoms with van der Waals surface area (Å²) in [5.74, 6) is 0.614. The fourth-order valence-corrected chi connectivity index (χ4v) is 6.81. The van der Waals surface area contributed by atoms with E-state index < -0.39 is 0 Å². The van der Waals surface area contributed by atoms with E-state index in [-0.39, 0.29) is 0 Å². The normalized spacial score (nSPS) is 12.0. The van der Waals surface area contributed by atoms with E-state index in [1.165, 1.54) is 10.8 Å². The number of fused-ring (bicyclic) bond motifs is 9. The minimum absolute atomic E-state index is 0.578. The first-order valence-electron chi connectivity index (χ1n) is 15.0. The van der Waals surface area contributed by atoms with Crippen molar-refractivity contribution in [1.82, 2.24) is 14.5 Å². The lowest BCUT2D eigenvalue weighted by atomic mass is 10.1. The van der Waals surface area contributed by atoms with Crippen molar-refractivity contribution in [3.63, 3.8) is 0 Å². The molecule has 4 aromatic heterocycles. The summed E-state index contributed by atoms with van der Waals surface area (Å²) in [5, 5.41) is 6.55. The molecule has 0 aliphatic rings. The summed E-state index contributed by atoms with van der Waals surface area (Å²) < 4.78 is 14.9. The number of aromatic nitrogens is 3. The quantitative estimate of drug-likeness (QED) is 0.210. The van der Waals surface area contributed by atoms with Crippen molar-refractivity contribution in [2.45, 2.75) is 0 Å². The molecular formula is C40H23N3O2. The van der Waals surface area contributed by atoms with E-state index in [2.05, 4.69) is 95.6 Å². The third-order valence-electron chi connectivity index (χ3n) is 8.82. The molecule has 0 radical (unpaired) electrons. The van der Waals surface area contributed by atoms with Gasteiger partial charge in [0.05, 0.1) is 22.1 Å². The zero-order chi connectivity index (χ0) is 29.5. The lowest BCUT2D eigenvalue weighted by Gasteiger charge is -2.11. The van der Waals surface area contributed by atoms with Crippen LogP contribution in [0, 0.1) is 0 Å². The molecule has 0 saturated heterocycles. The van der Waals surface area contributed by atoms with E-state index in [0.717, 1.165) is 71.8 Å². The molecule has 0 aliphatic heterocycles. The fourth-order valence-electron chi connectivity index (χ4n) is 6.81. The standard InChI is InChI=1S/C40H23N3O2/c1-2-11-24(12-3-1)38-37-29-17-6-9-20-35(29)45-40(37)42-39(41-38)25-13-10-14-26(21-25)43-32-18-7-4-15-27(32)30-22-31-28-16-5-8-19-34(28)44-36(31)23-33(30)43/h1-23H. The van der Waals surface area contributed by atoms with Crippen LogP contribution in [0.5, 0.6) is 0 Å². The summed E-state index contributed by atoms with van der Waals surface area (Å²) in [6.45, 7) is 0. The second kappa shape index (κ2) is 9.15. The topological polar surface area (TPSA) is 57.0 Å². The Hall–Kier alpha value is -6.20. The number of rotatable bonds is 3. The van der Waals surface area contributed by atoms with Crippen molar-refractivity contribution in [2.75, 3.05) is 0 Å². The molecule has 0 bridgehead atoms. The monoisotopic (exact) mass is 577 g/mol. The highest BCUT2D eigenvalue weighted by Crippen LogP contribution is 2.40. The van der Waals surface area contributed by atoms with Gasteiger partial charge in [0.1, 0.15) is 16.7 Å². The predicted molar refractivity (Wildman–Crippen MR) is 182 cm³/mol. The highest BCUT2D eigenvalue weighted by atomic mass is 16.3. The molecule has 10 aromatic rings. The van der Waals surface area contributed by atoms with Gasteiger partial charge < -0.3 is 13.4 Å². The molecule has 0 atom stereocenters. The Labute approximate surface area is 256 Å². The number of para-hydroxylation sites is 3. The van der Waals surface area contributed by atoms with Gasteiger partial charge in [-0.25, -0.2) is 4.98 Å². The maximum absolute atomic E-state index is 6.32. The van der Waals surface area contributed by atoms with Crippen LogP contribution in [0.25, 0.3) is 94.1 Å². The Morgan fingerprint density at radius 3 is 2.02 bits per heavy atom. The van der Waals surface area contributed by atoms with E-state index in [1.54, 1.807) is 0 Å². The van der Waals surface area contributed by atoms with Crippen LogP contribution in [0.3, 0.4) is 0 Å². The van der Waals surface area contributed by atoms with Crippen LogP contribution >= 0.6 is 0 Å². The van der Waals surface area contributed by atoms with E-state index in [9.17, 15) is 0 Å². The van der Waals surface area contributed by atoms with Crippen molar-refractivity contribution in [1.29, 1.82) is 0 Å². The zero-order valence-corrected chi connectivity index (χ0v) is 23.9. The molecule has 45 heavy (non-hydrogen) atoms. The molecule has 0 aliphatic carbocycles. The van der Waals surface area contributed by atoms with Crippen molar-refractivity contribution in [3.05, 3.63) is 140 Å². The molecule has 10 rings (SSSR count). The Kier molecular flexibility index (Phi) is 4.93. The average Bonchev–Trinajstić information content (AvgIpc) is 3.76. The van der Waals surface area contributed by atoms with Crippen LogP contribution in [0.4, 0.5) is 0 Å². The highest BCUT2D eigenvalue weighted by Gasteiger charge is 2.20. The molecule has 5 nitrogen and oxygen atoms in total. The zero-order valence-electron chi connectivity index (χ0n) is 23.9. The summed E-state index contributed by atoms with van der Waals surface area (Å²) in [7, 11) is 0. The maximum Gasteiger partial charge on any atom is 0.231 e. The first-order chi connectivity index (χ1) is 22.3. The van der Waals surface area contributed by atoms with Crippen LogP contribution in [-0.2, 0) is 0 Å². The Morgan fingerprint density at radius 1 is 0.444 bits per heavy atom. The van der Waals surface area contributed by atoms with Crippen molar-refractivity contribution in [2.24, 2.45) is 0 Å². The van der Waals surface area contributed by atoms with Gasteiger partial charge in [0.25, 0.3) is 0 Å². The smallest absolute Gasteiger partial charge is 0.231 e. The second-order valence-electron chi connectivity index (χ2n) is 11.4. The summed E-state index contributed by atoms with van der Waals surface area (Å²) >= 11 is 0. The molecule has 0 N–H and O–H groups in total. The minimum atomic E-state index is 0.578. The van der Waals surface area contributed by atoms with Gasteiger partial charge in [0, 0.05) is 49.8 Å². The number of hydrogen-bond donors (Lipinski definition) is 0. The predicted octanol–water partition coefficient (Wildman–Crippen LogP) is 10.7. The molecule has 0 fully saturated rings. The molecule has 210 valence electrons. The Morgan fingerprint density at radius 2 is 1.16 bits per heavy atom. The van der Waals surface area contributed by atoms with Crippen LogP contribution in [0.15, 0.2) is 148 Å². The summed E-state index contributed by atoms with van der Waals surface area (Å²) in [5.41, 5.74) is 9.15. The van der Waals surface area contributed by atoms with Crippen LogP contribution in [0.1, 0.15) is 0 Å². The van der Waals surface area contributed by atoms with Gasteiger partial charge in [-0.15, -0.1) is 0 Å². The summed E-state index contributed by atoms with van der Waals surface area (Å²) in [6, 6.07) is 47.9. The lowest BCUT2D eigenvalue weighted by molar-refractivity contribution is 0.653. The molecule has 4 heterocycles. The summed E-state index contributed by atoms with van der Waals surface area (Å²) in [6.07, 6.45) is 0. The molecule has 0 unspecified atom stereocenters. The van der Waals surface area contributed by atoms with Crippen molar-refractivity contribution < 1.29 is 8.83 Å². The van der Waals surface area contributed by atoms with E-state index >= 15 is 0 Å². The highest BCUT2D eigenvalue weighted by molar-refractivity contribution is 6.17. The van der Waals surface area contributed by atoms with E-state index in [0.29, 0.717) is 11.5 Å². The number of nitrogens with zero attached hydrogens (tertiary/aromatic N) is 3. The van der Waals surface area contributed by atoms with Gasteiger partial charge in [0.15, 0.2) is 5.82 Å². The van der Waals surface area contributed by atoms with E-state index in [4.69, 9.17) is 18.8 Å². The first kappa shape index (κ1) is 24.3. The van der Waals surface area contributed by atoms with Gasteiger partial charge in [0.2, 0.25) is 5.71 Å². The molecule has 0 saturated carbocycles. The fraction of sp³-hybridized carbons (Fsp3) is 0. The largest absolute Gasteiger partial charge is 0.456 e. The molecular weight excluding hydrogens is 554 g/mol. The third-order valence-corrected chi connectivity index (χ3v) is 8.82. The van der Waals surface area contributed by atoms with Crippen LogP contribution < -0.4 is 0 Å². The third kappa shape index (κ3) is 3.55. The van der Waals surface area contributed by atoms with Gasteiger partial charge in [-0.2, -0.15) is 4.98 Å². The average molecular weight is 578 g/mol. The lowest BCUT2D eigenvalue weighted by Crippen LogP contribution is -1.97. The minimum Gasteiger partial charge on any atom is -0.456 e. The van der Waals surface area contributed by atoms with Gasteiger partial charge >= 0.3 is 0 Å². The molecule has 0 spiro atoms. The summed E-state index contributed by atoms with van der Waals surface area (Å²) in [4.78, 5) is 10.2. The Bertz CT molecular complexity index is 2770. The molecule has 6 aromatic carbocycles. The number of furan rings is 2. The van der Waals surface area contributed by atoms with Crippen LogP contribution in [0.2, 0.25) is 0 Å². The number of hydrogen-bond acceptors (Lipinski definition) is 4. The molecule has 0 amide bonds. The molecule has 5 heteroatoms. The van der Waals surface area contributed by atoms with Gasteiger partial charge in [-0.1, -0.05) is 97.1 Å². The second-order valence-corrected chi connectivity index (χ2v) is 11.4. The SMILES string of the molecule is c1ccc(-c2nc(-c3cccc(-n4c5ccccc5c5cc6c(cc54)oc4ccccc46)c3)nc3oc4ccccc4c23)cc1. The van der Waals surface area contributed by atoms with Crippen molar-refractivity contribution in [3.8, 4) is 28.3 Å². The van der Waals surface area contributed by atoms with Crippen molar-refractivity contribution >= 4 is 65.8 Å². The first-order valence-corrected chi connectivity index (χ1v) is 15.0. The Balaban J connectivity index is 1.22. The van der Waals surface area contributed by atoms with Crippen LogP contribution in [-0.4, -0.2) is 14.5 Å².